The highest BCUT2D eigenvalue weighted by molar-refractivity contribution is 6.31. The summed E-state index contributed by atoms with van der Waals surface area (Å²) in [5.41, 5.74) is 2.27. The van der Waals surface area contributed by atoms with Gasteiger partial charge in [-0.2, -0.15) is 0 Å². The van der Waals surface area contributed by atoms with Gasteiger partial charge in [0.25, 0.3) is 0 Å². The lowest BCUT2D eigenvalue weighted by Crippen LogP contribution is -2.49. The van der Waals surface area contributed by atoms with Gasteiger partial charge in [0, 0.05) is 18.6 Å². The SMILES string of the molecule is CCN(C)C=Nc1cc(C)c(C2(OCc3ccccc3Cl)COC2)cc1F. The van der Waals surface area contributed by atoms with E-state index in [0.717, 1.165) is 23.2 Å². The van der Waals surface area contributed by atoms with Crippen molar-refractivity contribution >= 4 is 23.6 Å². The van der Waals surface area contributed by atoms with Crippen molar-refractivity contribution in [3.63, 3.8) is 0 Å². The van der Waals surface area contributed by atoms with Crippen molar-refractivity contribution in [1.82, 2.24) is 4.90 Å². The summed E-state index contributed by atoms with van der Waals surface area (Å²) < 4.78 is 26.3. The Morgan fingerprint density at radius 3 is 2.70 bits per heavy atom. The van der Waals surface area contributed by atoms with Crippen LogP contribution in [0.4, 0.5) is 10.1 Å². The van der Waals surface area contributed by atoms with E-state index in [1.807, 2.05) is 50.1 Å². The molecule has 0 amide bonds. The van der Waals surface area contributed by atoms with E-state index in [2.05, 4.69) is 4.99 Å². The number of halogens is 2. The molecule has 144 valence electrons. The van der Waals surface area contributed by atoms with Crippen LogP contribution in [-0.2, 0) is 21.7 Å². The lowest BCUT2D eigenvalue weighted by Gasteiger charge is -2.42. The average molecular weight is 391 g/mol. The van der Waals surface area contributed by atoms with Crippen molar-refractivity contribution in [2.24, 2.45) is 4.99 Å². The third-order valence-corrected chi connectivity index (χ3v) is 5.18. The molecule has 1 aliphatic rings. The zero-order chi connectivity index (χ0) is 19.4. The summed E-state index contributed by atoms with van der Waals surface area (Å²) in [5.74, 6) is -0.371. The van der Waals surface area contributed by atoms with Gasteiger partial charge >= 0.3 is 0 Å². The number of hydrogen-bond donors (Lipinski definition) is 0. The minimum Gasteiger partial charge on any atom is -0.375 e. The zero-order valence-electron chi connectivity index (χ0n) is 15.8. The van der Waals surface area contributed by atoms with Gasteiger partial charge in [-0.25, -0.2) is 9.38 Å². The Balaban J connectivity index is 1.83. The van der Waals surface area contributed by atoms with Crippen molar-refractivity contribution < 1.29 is 13.9 Å². The number of nitrogens with zero attached hydrogens (tertiary/aromatic N) is 2. The van der Waals surface area contributed by atoms with Gasteiger partial charge in [0.1, 0.15) is 17.1 Å². The Morgan fingerprint density at radius 1 is 1.33 bits per heavy atom. The molecule has 1 aliphatic heterocycles. The first kappa shape index (κ1) is 19.8. The molecule has 0 aliphatic carbocycles. The van der Waals surface area contributed by atoms with Gasteiger partial charge in [-0.15, -0.1) is 0 Å². The molecular weight excluding hydrogens is 367 g/mol. The summed E-state index contributed by atoms with van der Waals surface area (Å²) >= 11 is 6.22. The van der Waals surface area contributed by atoms with Crippen LogP contribution in [0, 0.1) is 12.7 Å². The van der Waals surface area contributed by atoms with Gasteiger partial charge in [0.2, 0.25) is 0 Å². The van der Waals surface area contributed by atoms with Gasteiger partial charge in [-0.05, 0) is 48.7 Å². The predicted molar refractivity (Wildman–Crippen MR) is 106 cm³/mol. The van der Waals surface area contributed by atoms with Crippen LogP contribution in [0.15, 0.2) is 41.4 Å². The normalized spacial score (nSPS) is 15.7. The fourth-order valence-electron chi connectivity index (χ4n) is 2.93. The summed E-state index contributed by atoms with van der Waals surface area (Å²) in [6, 6.07) is 10.8. The molecule has 3 rings (SSSR count). The Morgan fingerprint density at radius 2 is 2.07 bits per heavy atom. The number of rotatable bonds is 7. The molecule has 2 aromatic rings. The minimum absolute atomic E-state index is 0.318. The molecule has 1 fully saturated rings. The van der Waals surface area contributed by atoms with E-state index < -0.39 is 5.60 Å². The van der Waals surface area contributed by atoms with Crippen molar-refractivity contribution in [1.29, 1.82) is 0 Å². The molecule has 0 aromatic heterocycles. The van der Waals surface area contributed by atoms with Crippen molar-refractivity contribution in [3.05, 3.63) is 63.9 Å². The monoisotopic (exact) mass is 390 g/mol. The van der Waals surface area contributed by atoms with E-state index >= 15 is 0 Å². The van der Waals surface area contributed by atoms with Gasteiger partial charge < -0.3 is 14.4 Å². The fourth-order valence-corrected chi connectivity index (χ4v) is 3.12. The molecule has 1 saturated heterocycles. The number of aryl methyl sites for hydroxylation is 1. The summed E-state index contributed by atoms with van der Waals surface area (Å²) in [6.45, 7) is 5.87. The van der Waals surface area contributed by atoms with Crippen LogP contribution in [0.3, 0.4) is 0 Å². The highest BCUT2D eigenvalue weighted by Crippen LogP contribution is 2.39. The second-order valence-electron chi connectivity index (χ2n) is 6.80. The van der Waals surface area contributed by atoms with E-state index in [1.165, 1.54) is 6.07 Å². The molecule has 0 radical (unpaired) electrons. The number of aliphatic imine (C=N–C) groups is 1. The van der Waals surface area contributed by atoms with Crippen LogP contribution in [0.25, 0.3) is 0 Å². The maximum absolute atomic E-state index is 14.7. The molecule has 0 spiro atoms. The largest absolute Gasteiger partial charge is 0.375 e. The number of ether oxygens (including phenoxy) is 2. The van der Waals surface area contributed by atoms with E-state index in [4.69, 9.17) is 21.1 Å². The number of benzene rings is 2. The fraction of sp³-hybridized carbons (Fsp3) is 0.381. The van der Waals surface area contributed by atoms with Gasteiger partial charge in [0.15, 0.2) is 0 Å². The molecule has 6 heteroatoms. The Labute approximate surface area is 164 Å². The Bertz CT molecular complexity index is 837. The minimum atomic E-state index is -0.660. The second kappa shape index (κ2) is 8.38. The molecule has 0 atom stereocenters. The quantitative estimate of drug-likeness (QED) is 0.501. The van der Waals surface area contributed by atoms with Crippen LogP contribution in [-0.4, -0.2) is 38.0 Å². The first-order valence-corrected chi connectivity index (χ1v) is 9.33. The van der Waals surface area contributed by atoms with E-state index in [1.54, 1.807) is 12.4 Å². The predicted octanol–water partition coefficient (Wildman–Crippen LogP) is 4.84. The highest BCUT2D eigenvalue weighted by Gasteiger charge is 2.43. The molecule has 1 heterocycles. The van der Waals surface area contributed by atoms with E-state index in [0.29, 0.717) is 30.5 Å². The third-order valence-electron chi connectivity index (χ3n) is 4.81. The molecule has 4 nitrogen and oxygen atoms in total. The highest BCUT2D eigenvalue weighted by atomic mass is 35.5. The molecule has 2 aromatic carbocycles. The van der Waals surface area contributed by atoms with Crippen molar-refractivity contribution in [2.45, 2.75) is 26.1 Å². The van der Waals surface area contributed by atoms with Crippen LogP contribution in [0.2, 0.25) is 5.02 Å². The Hall–Kier alpha value is -1.95. The third kappa shape index (κ3) is 4.32. The van der Waals surface area contributed by atoms with Gasteiger partial charge in [-0.1, -0.05) is 29.8 Å². The van der Waals surface area contributed by atoms with E-state index in [9.17, 15) is 4.39 Å². The van der Waals surface area contributed by atoms with Crippen LogP contribution in [0.1, 0.15) is 23.6 Å². The van der Waals surface area contributed by atoms with Gasteiger partial charge in [-0.3, -0.25) is 0 Å². The molecule has 0 N–H and O–H groups in total. The molecule has 0 bridgehead atoms. The summed E-state index contributed by atoms with van der Waals surface area (Å²) in [4.78, 5) is 6.13. The lowest BCUT2D eigenvalue weighted by molar-refractivity contribution is -0.223. The van der Waals surface area contributed by atoms with E-state index in [-0.39, 0.29) is 5.82 Å². The number of hydrogen-bond acceptors (Lipinski definition) is 3. The van der Waals surface area contributed by atoms with Gasteiger partial charge in [0.05, 0.1) is 26.2 Å². The standard InChI is InChI=1S/C21H24ClFN2O2/c1-4-25(3)14-24-20-9-15(2)17(10-19(20)23)21(12-26-13-21)27-11-16-7-5-6-8-18(16)22/h5-10,14H,4,11-13H2,1-3H3. The average Bonchev–Trinajstić information content (AvgIpc) is 2.63. The summed E-state index contributed by atoms with van der Waals surface area (Å²) in [7, 11) is 1.89. The molecule has 0 unspecified atom stereocenters. The van der Waals surface area contributed by atoms with Crippen molar-refractivity contribution in [2.75, 3.05) is 26.8 Å². The van der Waals surface area contributed by atoms with Crippen molar-refractivity contribution in [3.8, 4) is 0 Å². The molecule has 27 heavy (non-hydrogen) atoms. The summed E-state index contributed by atoms with van der Waals surface area (Å²) in [5, 5.41) is 0.653. The van der Waals surface area contributed by atoms with Crippen LogP contribution < -0.4 is 0 Å². The first-order valence-electron chi connectivity index (χ1n) is 8.95. The maximum atomic E-state index is 14.7. The lowest BCUT2D eigenvalue weighted by atomic mass is 9.87. The smallest absolute Gasteiger partial charge is 0.149 e. The van der Waals surface area contributed by atoms with Crippen LogP contribution in [0.5, 0.6) is 0 Å². The Kier molecular flexibility index (Phi) is 6.15. The molecule has 0 saturated carbocycles. The first-order chi connectivity index (χ1) is 12.9. The topological polar surface area (TPSA) is 34.1 Å². The van der Waals surface area contributed by atoms with Crippen LogP contribution >= 0.6 is 11.6 Å². The second-order valence-corrected chi connectivity index (χ2v) is 7.21. The maximum Gasteiger partial charge on any atom is 0.149 e. The molecular formula is C21H24ClFN2O2. The zero-order valence-corrected chi connectivity index (χ0v) is 16.6. The summed E-state index contributed by atoms with van der Waals surface area (Å²) in [6.07, 6.45) is 1.63.